The molecule has 1 N–H and O–H groups in total. The fourth-order valence-electron chi connectivity index (χ4n) is 1.01. The number of methoxy groups -OCH3 is 1. The second-order valence-electron chi connectivity index (χ2n) is 3.51. The van der Waals surface area contributed by atoms with Crippen molar-refractivity contribution in [2.45, 2.75) is 13.0 Å². The van der Waals surface area contributed by atoms with Crippen LogP contribution in [0.4, 0.5) is 0 Å². The molecular weight excluding hydrogens is 240 g/mol. The average molecular weight is 267 g/mol. The van der Waals surface area contributed by atoms with Crippen molar-refractivity contribution in [3.8, 4) is 0 Å². The Labute approximate surface area is 111 Å². The third kappa shape index (κ3) is 13.8. The van der Waals surface area contributed by atoms with Gasteiger partial charge in [0.15, 0.2) is 0 Å². The maximum atomic E-state index is 8.78. The zero-order chi connectivity index (χ0) is 14.2. The van der Waals surface area contributed by atoms with E-state index in [1.165, 1.54) is 0 Å². The van der Waals surface area contributed by atoms with Gasteiger partial charge in [0, 0.05) is 8.48 Å². The van der Waals surface area contributed by atoms with Gasteiger partial charge in [-0.15, -0.1) is 0 Å². The van der Waals surface area contributed by atoms with Crippen LogP contribution in [0.1, 0.15) is 8.27 Å². The van der Waals surface area contributed by atoms with Crippen molar-refractivity contribution in [1.82, 2.24) is 0 Å². The van der Waals surface area contributed by atoms with E-state index in [9.17, 15) is 0 Å². The largest absolute Gasteiger partial charge is 0.394 e. The van der Waals surface area contributed by atoms with E-state index in [-0.39, 0.29) is 13.5 Å². The highest BCUT2D eigenvalue weighted by molar-refractivity contribution is 4.43. The zero-order valence-electron chi connectivity index (χ0n) is 12.1. The summed E-state index contributed by atoms with van der Waals surface area (Å²) in [5.41, 5.74) is 0. The smallest absolute Gasteiger partial charge is 0.0778 e. The van der Waals surface area contributed by atoms with Crippen LogP contribution in [0.5, 0.6) is 0 Å². The molecule has 0 rings (SSSR count). The van der Waals surface area contributed by atoms with Crippen LogP contribution in [0.2, 0.25) is 0 Å². The molecule has 0 bridgehead atoms. The molecule has 0 saturated heterocycles. The van der Waals surface area contributed by atoms with Gasteiger partial charge in [-0.05, 0) is 6.90 Å². The zero-order valence-corrected chi connectivity index (χ0v) is 11.1. The number of aliphatic hydroxyl groups excluding tert-OH is 1. The van der Waals surface area contributed by atoms with E-state index >= 15 is 0 Å². The summed E-state index contributed by atoms with van der Waals surface area (Å²) in [6.45, 7) is 4.00. The average Bonchev–Trinajstić information content (AvgIpc) is 2.44. The molecule has 0 aromatic heterocycles. The van der Waals surface area contributed by atoms with Crippen molar-refractivity contribution in [3.05, 3.63) is 0 Å². The van der Waals surface area contributed by atoms with Crippen LogP contribution in [0, 0.1) is 0 Å². The van der Waals surface area contributed by atoms with Gasteiger partial charge in [-0.2, -0.15) is 0 Å². The Hall–Kier alpha value is -0.240. The summed E-state index contributed by atoms with van der Waals surface area (Å²) >= 11 is 0. The summed E-state index contributed by atoms with van der Waals surface area (Å²) < 4.78 is 32.8. The normalized spacial score (nSPS) is 13.6. The van der Waals surface area contributed by atoms with Crippen molar-refractivity contribution in [2.24, 2.45) is 0 Å². The van der Waals surface area contributed by atoms with E-state index in [1.807, 2.05) is 0 Å². The first-order valence-corrected chi connectivity index (χ1v) is 6.09. The molecule has 0 aromatic rings. The molecule has 110 valence electrons. The minimum atomic E-state index is -0.413. The fourth-order valence-corrected chi connectivity index (χ4v) is 1.01. The lowest BCUT2D eigenvalue weighted by Gasteiger charge is -2.10. The highest BCUT2D eigenvalue weighted by Crippen LogP contribution is 1.88. The molecule has 0 radical (unpaired) electrons. The Balaban J connectivity index is 3.02. The third-order valence-electron chi connectivity index (χ3n) is 1.96. The van der Waals surface area contributed by atoms with E-state index in [0.29, 0.717) is 52.9 Å². The summed E-state index contributed by atoms with van der Waals surface area (Å²) in [6, 6.07) is 0. The molecular formula is C12H26O6. The summed E-state index contributed by atoms with van der Waals surface area (Å²) in [6.07, 6.45) is -0.413. The second-order valence-corrected chi connectivity index (χ2v) is 3.51. The van der Waals surface area contributed by atoms with E-state index in [2.05, 4.69) is 0 Å². The van der Waals surface area contributed by atoms with Crippen molar-refractivity contribution in [3.63, 3.8) is 0 Å². The van der Waals surface area contributed by atoms with Gasteiger partial charge >= 0.3 is 0 Å². The van der Waals surface area contributed by atoms with Crippen LogP contribution < -0.4 is 0 Å². The van der Waals surface area contributed by atoms with Gasteiger partial charge in [-0.3, -0.25) is 0 Å². The predicted octanol–water partition coefficient (Wildman–Crippen LogP) is 0.0800. The number of hydrogen-bond acceptors (Lipinski definition) is 6. The Kier molecular flexibility index (Phi) is 13.0. The van der Waals surface area contributed by atoms with Crippen molar-refractivity contribution < 1.29 is 30.2 Å². The first kappa shape index (κ1) is 15.8. The molecule has 0 heterocycles. The van der Waals surface area contributed by atoms with Crippen molar-refractivity contribution >= 4 is 0 Å². The van der Waals surface area contributed by atoms with Crippen LogP contribution in [-0.2, 0) is 23.7 Å². The number of ether oxygens (including phenoxy) is 5. The molecule has 0 spiro atoms. The SMILES string of the molecule is [2H]C[C@@H](CO)OCCOCCOCCOCCOC. The van der Waals surface area contributed by atoms with Gasteiger partial charge in [-0.1, -0.05) is 0 Å². The molecule has 0 aliphatic rings. The summed E-state index contributed by atoms with van der Waals surface area (Å²) in [5, 5.41) is 8.78. The minimum absolute atomic E-state index is 0.0582. The molecule has 0 fully saturated rings. The molecule has 18 heavy (non-hydrogen) atoms. The van der Waals surface area contributed by atoms with E-state index in [4.69, 9.17) is 30.2 Å². The van der Waals surface area contributed by atoms with Crippen LogP contribution >= 0.6 is 0 Å². The van der Waals surface area contributed by atoms with Gasteiger partial charge in [0.2, 0.25) is 0 Å². The van der Waals surface area contributed by atoms with Gasteiger partial charge < -0.3 is 28.8 Å². The van der Waals surface area contributed by atoms with Crippen LogP contribution in [0.25, 0.3) is 0 Å². The predicted molar refractivity (Wildman–Crippen MR) is 66.8 cm³/mol. The Morgan fingerprint density at radius 3 is 1.83 bits per heavy atom. The van der Waals surface area contributed by atoms with Crippen molar-refractivity contribution in [2.75, 3.05) is 66.6 Å². The van der Waals surface area contributed by atoms with Gasteiger partial charge in [0.1, 0.15) is 0 Å². The minimum Gasteiger partial charge on any atom is -0.394 e. The highest BCUT2D eigenvalue weighted by Gasteiger charge is 1.98. The lowest BCUT2D eigenvalue weighted by Crippen LogP contribution is -2.17. The summed E-state index contributed by atoms with van der Waals surface area (Å²) in [4.78, 5) is 0. The maximum absolute atomic E-state index is 8.78. The van der Waals surface area contributed by atoms with E-state index in [1.54, 1.807) is 7.11 Å². The number of aliphatic hydroxyl groups is 1. The molecule has 0 amide bonds. The first-order chi connectivity index (χ1) is 9.35. The van der Waals surface area contributed by atoms with E-state index < -0.39 is 6.10 Å². The number of hydrogen-bond donors (Lipinski definition) is 1. The Bertz CT molecular complexity index is 168. The maximum Gasteiger partial charge on any atom is 0.0778 e. The molecule has 0 aliphatic heterocycles. The third-order valence-corrected chi connectivity index (χ3v) is 1.96. The Morgan fingerprint density at radius 2 is 1.39 bits per heavy atom. The molecule has 0 unspecified atom stereocenters. The topological polar surface area (TPSA) is 66.4 Å². The van der Waals surface area contributed by atoms with Crippen LogP contribution in [0.3, 0.4) is 0 Å². The first-order valence-electron chi connectivity index (χ1n) is 6.79. The summed E-state index contributed by atoms with van der Waals surface area (Å²) in [5.74, 6) is 0. The molecule has 0 aromatic carbocycles. The summed E-state index contributed by atoms with van der Waals surface area (Å²) in [7, 11) is 1.63. The van der Waals surface area contributed by atoms with E-state index in [0.717, 1.165) is 0 Å². The molecule has 6 heteroatoms. The molecule has 0 saturated carbocycles. The van der Waals surface area contributed by atoms with Gasteiger partial charge in [0.05, 0.1) is 65.6 Å². The molecule has 6 nitrogen and oxygen atoms in total. The highest BCUT2D eigenvalue weighted by atomic mass is 16.6. The second kappa shape index (κ2) is 14.8. The molecule has 0 aliphatic carbocycles. The monoisotopic (exact) mass is 267 g/mol. The van der Waals surface area contributed by atoms with Crippen LogP contribution in [0.15, 0.2) is 0 Å². The standard InChI is InChI=1S/C12H26O6/c1-12(11-13)18-10-9-17-8-7-16-6-5-15-4-3-14-2/h12-13H,3-11H2,1-2H3/t12-/m0/s1/i1D. The van der Waals surface area contributed by atoms with Gasteiger partial charge in [0.25, 0.3) is 0 Å². The fraction of sp³-hybridized carbons (Fsp3) is 1.00. The lowest BCUT2D eigenvalue weighted by atomic mass is 10.4. The number of rotatable bonds is 14. The molecule has 1 atom stereocenters. The Morgan fingerprint density at radius 1 is 0.889 bits per heavy atom. The van der Waals surface area contributed by atoms with Gasteiger partial charge in [-0.25, -0.2) is 0 Å². The van der Waals surface area contributed by atoms with Crippen LogP contribution in [-0.4, -0.2) is 77.8 Å². The quantitative estimate of drug-likeness (QED) is 0.450. The van der Waals surface area contributed by atoms with Crippen molar-refractivity contribution in [1.29, 1.82) is 0 Å². The lowest BCUT2D eigenvalue weighted by molar-refractivity contribution is -0.0282.